The first-order valence-corrected chi connectivity index (χ1v) is 10.1. The normalized spacial score (nSPS) is 12.6. The van der Waals surface area contributed by atoms with Gasteiger partial charge in [-0.2, -0.15) is 0 Å². The Morgan fingerprint density at radius 2 is 1.11 bits per heavy atom. The highest BCUT2D eigenvalue weighted by atomic mass is 31.2. The lowest BCUT2D eigenvalue weighted by Gasteiger charge is -2.22. The van der Waals surface area contributed by atoms with E-state index < -0.39 is 14.1 Å². The number of rotatable bonds is 9. The lowest BCUT2D eigenvalue weighted by atomic mass is 10.2. The summed E-state index contributed by atoms with van der Waals surface area (Å²) in [6, 6.07) is 27.9. The molecule has 0 aliphatic rings. The number of phosphoric ester groups is 1. The highest BCUT2D eigenvalue weighted by Crippen LogP contribution is 2.53. The summed E-state index contributed by atoms with van der Waals surface area (Å²) in [5, 5.41) is 0. The summed E-state index contributed by atoms with van der Waals surface area (Å²) < 4.78 is 29.9. The van der Waals surface area contributed by atoms with E-state index in [4.69, 9.17) is 19.3 Å². The zero-order valence-corrected chi connectivity index (χ0v) is 15.7. The van der Waals surface area contributed by atoms with E-state index in [1.165, 1.54) is 0 Å². The van der Waals surface area contributed by atoms with E-state index in [-0.39, 0.29) is 13.2 Å². The summed E-state index contributed by atoms with van der Waals surface area (Å²) in [4.78, 5) is 0. The molecule has 3 aromatic carbocycles. The molecule has 0 aliphatic carbocycles. The van der Waals surface area contributed by atoms with Crippen LogP contribution in [-0.2, 0) is 31.4 Å². The Kier molecular flexibility index (Phi) is 6.93. The van der Waals surface area contributed by atoms with Crippen LogP contribution in [0.15, 0.2) is 91.0 Å². The molecule has 0 bridgehead atoms. The Balaban J connectivity index is 1.71. The van der Waals surface area contributed by atoms with Gasteiger partial charge >= 0.3 is 7.82 Å². The van der Waals surface area contributed by atoms with Gasteiger partial charge in [0.05, 0.1) is 13.2 Å². The smallest absolute Gasteiger partial charge is 0.302 e. The topological polar surface area (TPSA) is 70.8 Å². The molecule has 3 aromatic rings. The summed E-state index contributed by atoms with van der Waals surface area (Å²) >= 11 is 0. The van der Waals surface area contributed by atoms with Crippen LogP contribution in [0.4, 0.5) is 0 Å². The van der Waals surface area contributed by atoms with E-state index in [1.807, 2.05) is 78.9 Å². The van der Waals surface area contributed by atoms with Crippen molar-refractivity contribution in [1.82, 2.24) is 0 Å². The van der Waals surface area contributed by atoms with E-state index in [2.05, 4.69) is 0 Å². The maximum Gasteiger partial charge on any atom is 0.477 e. The molecule has 6 heteroatoms. The predicted molar refractivity (Wildman–Crippen MR) is 105 cm³/mol. The third kappa shape index (κ3) is 6.14. The first-order chi connectivity index (χ1) is 13.1. The van der Waals surface area contributed by atoms with Crippen molar-refractivity contribution in [2.24, 2.45) is 5.73 Å². The van der Waals surface area contributed by atoms with Gasteiger partial charge in [0.1, 0.15) is 6.23 Å². The number of nitrogens with two attached hydrogens (primary N) is 1. The monoisotopic (exact) mass is 383 g/mol. The Hall–Kier alpha value is -2.27. The third-order valence-corrected chi connectivity index (χ3v) is 5.21. The Morgan fingerprint density at radius 1 is 0.704 bits per heavy atom. The van der Waals surface area contributed by atoms with Gasteiger partial charge < -0.3 is 5.73 Å². The maximum absolute atomic E-state index is 13.2. The molecule has 0 saturated carbocycles. The van der Waals surface area contributed by atoms with Crippen LogP contribution in [-0.4, -0.2) is 0 Å². The van der Waals surface area contributed by atoms with Crippen LogP contribution in [0.1, 0.15) is 22.9 Å². The molecule has 0 heterocycles. The lowest BCUT2D eigenvalue weighted by Crippen LogP contribution is -2.15. The van der Waals surface area contributed by atoms with Crippen LogP contribution in [0.5, 0.6) is 0 Å². The average molecular weight is 383 g/mol. The first-order valence-electron chi connectivity index (χ1n) is 8.60. The fraction of sp³-hybridized carbons (Fsp3) is 0.143. The minimum absolute atomic E-state index is 0.0917. The van der Waals surface area contributed by atoms with Gasteiger partial charge in [0.15, 0.2) is 0 Å². The van der Waals surface area contributed by atoms with E-state index in [1.54, 1.807) is 12.1 Å². The molecule has 5 nitrogen and oxygen atoms in total. The Bertz CT molecular complexity index is 812. The second-order valence-corrected chi connectivity index (χ2v) is 7.52. The van der Waals surface area contributed by atoms with Gasteiger partial charge in [-0.05, 0) is 16.7 Å². The van der Waals surface area contributed by atoms with Crippen LogP contribution >= 0.6 is 7.82 Å². The summed E-state index contributed by atoms with van der Waals surface area (Å²) in [6.07, 6.45) is -0.927. The van der Waals surface area contributed by atoms with Gasteiger partial charge in [0.25, 0.3) is 0 Å². The van der Waals surface area contributed by atoms with Crippen LogP contribution in [0.2, 0.25) is 0 Å². The zero-order valence-electron chi connectivity index (χ0n) is 14.8. The van der Waals surface area contributed by atoms with Gasteiger partial charge in [-0.15, -0.1) is 0 Å². The average Bonchev–Trinajstić information content (AvgIpc) is 2.73. The fourth-order valence-corrected chi connectivity index (χ4v) is 3.61. The van der Waals surface area contributed by atoms with Gasteiger partial charge in [0.2, 0.25) is 0 Å². The zero-order chi connectivity index (χ0) is 19.0. The van der Waals surface area contributed by atoms with Crippen molar-refractivity contribution < 1.29 is 18.1 Å². The lowest BCUT2D eigenvalue weighted by molar-refractivity contribution is 0.0717. The molecule has 3 rings (SSSR count). The largest absolute Gasteiger partial charge is 0.477 e. The first kappa shape index (κ1) is 19.5. The highest BCUT2D eigenvalue weighted by molar-refractivity contribution is 7.48. The fourth-order valence-electron chi connectivity index (χ4n) is 2.40. The van der Waals surface area contributed by atoms with Crippen molar-refractivity contribution in [2.75, 3.05) is 0 Å². The van der Waals surface area contributed by atoms with Crippen molar-refractivity contribution in [1.29, 1.82) is 0 Å². The van der Waals surface area contributed by atoms with Gasteiger partial charge in [0, 0.05) is 0 Å². The molecule has 0 aliphatic heterocycles. The molecule has 0 saturated heterocycles. The molecule has 0 amide bonds. The van der Waals surface area contributed by atoms with Gasteiger partial charge in [-0.25, -0.2) is 4.57 Å². The quantitative estimate of drug-likeness (QED) is 0.406. The predicted octanol–water partition coefficient (Wildman–Crippen LogP) is 5.20. The van der Waals surface area contributed by atoms with E-state index in [0.29, 0.717) is 5.56 Å². The molecular weight excluding hydrogens is 361 g/mol. The molecule has 27 heavy (non-hydrogen) atoms. The van der Waals surface area contributed by atoms with Crippen LogP contribution in [0.25, 0.3) is 0 Å². The van der Waals surface area contributed by atoms with E-state index in [9.17, 15) is 4.57 Å². The van der Waals surface area contributed by atoms with Crippen molar-refractivity contribution >= 4 is 7.82 Å². The van der Waals surface area contributed by atoms with Crippen molar-refractivity contribution in [2.45, 2.75) is 19.4 Å². The van der Waals surface area contributed by atoms with Gasteiger partial charge in [-0.3, -0.25) is 13.6 Å². The summed E-state index contributed by atoms with van der Waals surface area (Å²) in [6.45, 7) is 0.183. The van der Waals surface area contributed by atoms with E-state index in [0.717, 1.165) is 11.1 Å². The minimum atomic E-state index is -3.90. The number of benzene rings is 3. The minimum Gasteiger partial charge on any atom is -0.302 e. The molecule has 0 aromatic heterocycles. The Morgan fingerprint density at radius 3 is 1.56 bits per heavy atom. The van der Waals surface area contributed by atoms with Gasteiger partial charge in [-0.1, -0.05) is 91.0 Å². The maximum atomic E-state index is 13.2. The molecular formula is C21H22NO4P. The second-order valence-electron chi connectivity index (χ2n) is 5.90. The molecule has 1 atom stereocenters. The molecule has 0 fully saturated rings. The highest BCUT2D eigenvalue weighted by Gasteiger charge is 2.30. The van der Waals surface area contributed by atoms with Crippen molar-refractivity contribution in [3.63, 3.8) is 0 Å². The van der Waals surface area contributed by atoms with Crippen LogP contribution < -0.4 is 5.73 Å². The van der Waals surface area contributed by atoms with E-state index >= 15 is 0 Å². The number of hydrogen-bond donors (Lipinski definition) is 1. The Labute approximate surface area is 159 Å². The third-order valence-electron chi connectivity index (χ3n) is 3.84. The number of phosphoric acid groups is 1. The molecule has 0 radical (unpaired) electrons. The standard InChI is InChI=1S/C21H22NO4P/c22-21(20-14-8-3-9-15-20)26-27(23,24-16-18-10-4-1-5-11-18)25-17-19-12-6-2-7-13-19/h1-15,21H,16-17,22H2. The SMILES string of the molecule is NC(OP(=O)(OCc1ccccc1)OCc1ccccc1)c1ccccc1. The summed E-state index contributed by atoms with van der Waals surface area (Å²) in [5.41, 5.74) is 8.47. The summed E-state index contributed by atoms with van der Waals surface area (Å²) in [7, 11) is -3.90. The van der Waals surface area contributed by atoms with Crippen molar-refractivity contribution in [3.05, 3.63) is 108 Å². The molecule has 1 unspecified atom stereocenters. The van der Waals surface area contributed by atoms with Crippen molar-refractivity contribution in [3.8, 4) is 0 Å². The summed E-state index contributed by atoms with van der Waals surface area (Å²) in [5.74, 6) is 0. The second kappa shape index (κ2) is 9.60. The van der Waals surface area contributed by atoms with Crippen LogP contribution in [0.3, 0.4) is 0 Å². The molecule has 2 N–H and O–H groups in total. The molecule has 0 spiro atoms. The van der Waals surface area contributed by atoms with Crippen LogP contribution in [0, 0.1) is 0 Å². The molecule has 140 valence electrons. The number of hydrogen-bond acceptors (Lipinski definition) is 5.